The summed E-state index contributed by atoms with van der Waals surface area (Å²) >= 11 is 0. The first-order chi connectivity index (χ1) is 28.9. The number of benzene rings is 1. The van der Waals surface area contributed by atoms with Gasteiger partial charge in [-0.15, -0.1) is 0 Å². The Morgan fingerprint density at radius 1 is 1.05 bits per heavy atom. The number of hydrogen-bond donors (Lipinski definition) is 3. The van der Waals surface area contributed by atoms with Crippen molar-refractivity contribution in [2.24, 2.45) is 17.3 Å². The molecular formula is C42H54F4N6O9S. The molecular weight excluding hydrogens is 841 g/mol. The van der Waals surface area contributed by atoms with Crippen molar-refractivity contribution >= 4 is 44.9 Å². The Labute approximate surface area is 357 Å². The van der Waals surface area contributed by atoms with Gasteiger partial charge in [0, 0.05) is 25.3 Å². The number of carbonyl (C=O) groups excluding carboxylic acids is 4. The molecule has 15 nitrogen and oxygen atoms in total. The van der Waals surface area contributed by atoms with Gasteiger partial charge in [0.05, 0.1) is 29.4 Å². The quantitative estimate of drug-likeness (QED) is 0.230. The monoisotopic (exact) mass is 894 g/mol. The summed E-state index contributed by atoms with van der Waals surface area (Å²) in [5.41, 5.74) is -3.91. The van der Waals surface area contributed by atoms with Crippen LogP contribution in [0.1, 0.15) is 105 Å². The molecule has 7 atom stereocenters. The zero-order valence-corrected chi connectivity index (χ0v) is 36.4. The Bertz CT molecular complexity index is 2270. The van der Waals surface area contributed by atoms with Crippen LogP contribution in [0, 0.1) is 17.3 Å². The van der Waals surface area contributed by atoms with Gasteiger partial charge in [-0.05, 0) is 86.5 Å². The van der Waals surface area contributed by atoms with Crippen LogP contribution in [0.3, 0.4) is 0 Å². The second-order valence-electron chi connectivity index (χ2n) is 18.9. The van der Waals surface area contributed by atoms with Crippen molar-refractivity contribution in [3.63, 3.8) is 0 Å². The molecule has 7 rings (SSSR count). The molecule has 2 aliphatic heterocycles. The summed E-state index contributed by atoms with van der Waals surface area (Å²) in [6.45, 7) is 8.06. The fourth-order valence-electron chi connectivity index (χ4n) is 8.85. The van der Waals surface area contributed by atoms with Crippen LogP contribution >= 0.6 is 0 Å². The average Bonchev–Trinajstić information content (AvgIpc) is 4.00. The fraction of sp³-hybridized carbons (Fsp3) is 0.667. The van der Waals surface area contributed by atoms with Gasteiger partial charge in [-0.2, -0.15) is 8.78 Å². The minimum atomic E-state index is -4.28. The number of alkyl halides is 4. The second kappa shape index (κ2) is 16.4. The van der Waals surface area contributed by atoms with Gasteiger partial charge in [0.15, 0.2) is 5.69 Å². The number of aromatic nitrogens is 2. The Kier molecular flexibility index (Phi) is 12.0. The van der Waals surface area contributed by atoms with Crippen molar-refractivity contribution in [3.05, 3.63) is 35.5 Å². The zero-order chi connectivity index (χ0) is 45.2. The minimum Gasteiger partial charge on any atom is -0.497 e. The smallest absolute Gasteiger partial charge is 0.408 e. The maximum Gasteiger partial charge on any atom is 0.408 e. The number of halogens is 4. The van der Waals surface area contributed by atoms with E-state index in [1.807, 2.05) is 11.6 Å². The van der Waals surface area contributed by atoms with E-state index in [4.69, 9.17) is 14.2 Å². The lowest BCUT2D eigenvalue weighted by molar-refractivity contribution is -0.142. The molecule has 0 unspecified atom stereocenters. The van der Waals surface area contributed by atoms with Crippen LogP contribution in [0.4, 0.5) is 22.4 Å². The molecule has 20 heteroatoms. The number of amides is 4. The highest BCUT2D eigenvalue weighted by molar-refractivity contribution is 7.91. The van der Waals surface area contributed by atoms with E-state index in [0.29, 0.717) is 37.5 Å². The predicted molar refractivity (Wildman–Crippen MR) is 216 cm³/mol. The maximum atomic E-state index is 16.4. The van der Waals surface area contributed by atoms with E-state index in [2.05, 4.69) is 20.6 Å². The summed E-state index contributed by atoms with van der Waals surface area (Å²) in [7, 11) is -2.86. The number of hydrogen-bond acceptors (Lipinski definition) is 11. The van der Waals surface area contributed by atoms with Crippen LogP contribution in [-0.4, -0.2) is 102 Å². The Morgan fingerprint density at radius 3 is 2.44 bits per heavy atom. The van der Waals surface area contributed by atoms with Gasteiger partial charge < -0.3 is 29.7 Å². The second-order valence-corrected chi connectivity index (χ2v) is 21.1. The fourth-order valence-corrected chi connectivity index (χ4v) is 10.2. The Morgan fingerprint density at radius 2 is 1.77 bits per heavy atom. The third kappa shape index (κ3) is 9.16. The first-order valence-electron chi connectivity index (χ1n) is 21.0. The number of nitrogens with one attached hydrogen (secondary N) is 3. The maximum absolute atomic E-state index is 16.4. The number of allylic oxidation sites excluding steroid dienone is 1. The molecule has 1 aromatic heterocycles. The van der Waals surface area contributed by atoms with Crippen molar-refractivity contribution < 1.29 is 59.4 Å². The molecule has 340 valence electrons. The highest BCUT2D eigenvalue weighted by atomic mass is 32.2. The van der Waals surface area contributed by atoms with Crippen LogP contribution in [0.5, 0.6) is 11.6 Å². The van der Waals surface area contributed by atoms with Crippen molar-refractivity contribution in [1.29, 1.82) is 0 Å². The number of nitrogens with zero attached hydrogens (tertiary/aromatic N) is 3. The molecule has 1 saturated heterocycles. The number of ether oxygens (including phenoxy) is 3. The van der Waals surface area contributed by atoms with Gasteiger partial charge in [0.1, 0.15) is 35.6 Å². The molecule has 3 aliphatic carbocycles. The number of sulfonamides is 1. The number of fused-ring (bicyclic) bond motifs is 5. The first-order valence-corrected chi connectivity index (χ1v) is 22.5. The van der Waals surface area contributed by atoms with Gasteiger partial charge in [-0.25, -0.2) is 32.0 Å². The van der Waals surface area contributed by atoms with Gasteiger partial charge in [-0.3, -0.25) is 19.1 Å². The van der Waals surface area contributed by atoms with Crippen LogP contribution in [0.25, 0.3) is 11.0 Å². The van der Waals surface area contributed by atoms with E-state index >= 15 is 8.78 Å². The van der Waals surface area contributed by atoms with Crippen molar-refractivity contribution in [1.82, 2.24) is 30.2 Å². The number of rotatable bonds is 7. The first kappa shape index (κ1) is 45.3. The lowest BCUT2D eigenvalue weighted by Crippen LogP contribution is -2.60. The summed E-state index contributed by atoms with van der Waals surface area (Å²) in [5, 5.41) is 5.17. The van der Waals surface area contributed by atoms with Crippen molar-refractivity contribution in [3.8, 4) is 11.6 Å². The molecule has 5 aliphatic rings. The van der Waals surface area contributed by atoms with E-state index in [-0.39, 0.29) is 54.1 Å². The summed E-state index contributed by atoms with van der Waals surface area (Å²) in [6, 6.07) is 1.64. The third-order valence-corrected chi connectivity index (χ3v) is 15.0. The standard InChI is InChI=1S/C42H54F4N6O9S/c1-22-15-23-9-7-8-12-42(45,46)32-35(48-28-18-25(59-6)10-11-27(28)47-32)60-26-19-29(52(21-26)36(54)33(39(2,3)4)49-38(56)61-30(23)16-22)34(53)50-41(20-24(41)17-31(43)44)37(55)51-62(57,58)40(5)13-14-40/h10-11,17-18,22-23,26,29-31,33H,7-9,12-16,19-21H2,1-6H3,(H,49,56)(H,50,53)(H,51,55)/b24-17+/t22-,23-,26-,29+,30-,33-,41-/m1/s1. The largest absolute Gasteiger partial charge is 0.497 e. The average molecular weight is 895 g/mol. The molecule has 3 saturated carbocycles. The topological polar surface area (TPSA) is 195 Å². The van der Waals surface area contributed by atoms with Crippen LogP contribution in [0.15, 0.2) is 29.8 Å². The summed E-state index contributed by atoms with van der Waals surface area (Å²) in [6.07, 6.45) is -3.93. The number of carbonyl (C=O) groups is 4. The van der Waals surface area contributed by atoms with Gasteiger partial charge in [-0.1, -0.05) is 34.1 Å². The van der Waals surface area contributed by atoms with Crippen molar-refractivity contribution in [2.45, 2.75) is 146 Å². The molecule has 62 heavy (non-hydrogen) atoms. The SMILES string of the molecule is COc1ccc2nc3c(nc2c1)O[C@@H]1C[C@@H](C(=O)N[C@]2(C(=O)NS(=O)(=O)C4(C)CC4)C/C2=C\C(F)F)N(C1)C(=O)[C@H](C(C)(C)C)NC(=O)O[C@@H]1C[C@H](C)C[C@H]1CCCCC3(F)F. The molecule has 4 amide bonds. The molecule has 2 aromatic rings. The molecule has 3 N–H and O–H groups in total. The van der Waals surface area contributed by atoms with E-state index < -0.39 is 117 Å². The van der Waals surface area contributed by atoms with Gasteiger partial charge in [0.25, 0.3) is 18.3 Å². The molecule has 0 radical (unpaired) electrons. The normalized spacial score (nSPS) is 30.6. The molecule has 0 spiro atoms. The Balaban J connectivity index is 1.28. The highest BCUT2D eigenvalue weighted by Crippen LogP contribution is 2.47. The van der Waals surface area contributed by atoms with E-state index in [0.717, 1.165) is 4.90 Å². The van der Waals surface area contributed by atoms with E-state index in [9.17, 15) is 36.4 Å². The third-order valence-electron chi connectivity index (χ3n) is 12.9. The molecule has 2 bridgehead atoms. The predicted octanol–water partition coefficient (Wildman–Crippen LogP) is 5.66. The van der Waals surface area contributed by atoms with Gasteiger partial charge >= 0.3 is 6.09 Å². The van der Waals surface area contributed by atoms with Crippen LogP contribution in [-0.2, 0) is 35.1 Å². The number of alkyl carbamates (subject to hydrolysis) is 1. The molecule has 4 fully saturated rings. The van der Waals surface area contributed by atoms with Gasteiger partial charge in [0.2, 0.25) is 27.7 Å². The minimum absolute atomic E-state index is 0.0937. The summed E-state index contributed by atoms with van der Waals surface area (Å²) in [5.74, 6) is -6.76. The van der Waals surface area contributed by atoms with E-state index in [1.54, 1.807) is 26.8 Å². The summed E-state index contributed by atoms with van der Waals surface area (Å²) < 4.78 is 105. The molecule has 3 heterocycles. The Hall–Kier alpha value is -4.75. The van der Waals surface area contributed by atoms with Crippen LogP contribution in [0.2, 0.25) is 0 Å². The lowest BCUT2D eigenvalue weighted by Gasteiger charge is -2.35. The zero-order valence-electron chi connectivity index (χ0n) is 35.6. The van der Waals surface area contributed by atoms with E-state index in [1.165, 1.54) is 26.2 Å². The molecule has 1 aromatic carbocycles. The lowest BCUT2D eigenvalue weighted by atomic mass is 9.85. The van der Waals surface area contributed by atoms with Crippen LogP contribution < -0.4 is 24.8 Å². The highest BCUT2D eigenvalue weighted by Gasteiger charge is 2.61. The van der Waals surface area contributed by atoms with Crippen molar-refractivity contribution in [2.75, 3.05) is 13.7 Å². The summed E-state index contributed by atoms with van der Waals surface area (Å²) in [4.78, 5) is 66.5. The number of methoxy groups -OCH3 is 1.